The van der Waals surface area contributed by atoms with Crippen molar-refractivity contribution < 1.29 is 19.0 Å². The second kappa shape index (κ2) is 11.3. The summed E-state index contributed by atoms with van der Waals surface area (Å²) in [7, 11) is 3.18. The highest BCUT2D eigenvalue weighted by atomic mass is 32.1. The molecule has 0 aliphatic rings. The molecule has 0 spiro atoms. The third-order valence-corrected chi connectivity index (χ3v) is 4.40. The molecule has 8 heteroatoms. The first-order valence-electron chi connectivity index (χ1n) is 8.77. The zero-order valence-electron chi connectivity index (χ0n) is 15.9. The fourth-order valence-corrected chi connectivity index (χ4v) is 2.96. The predicted molar refractivity (Wildman–Crippen MR) is 106 cm³/mol. The Morgan fingerprint density at radius 1 is 1.22 bits per heavy atom. The summed E-state index contributed by atoms with van der Waals surface area (Å²) in [5.74, 6) is 1.06. The number of carbonyl (C=O) groups excluding carboxylic acids is 1. The molecule has 146 valence electrons. The van der Waals surface area contributed by atoms with E-state index in [1.165, 1.54) is 17.4 Å². The maximum Gasteiger partial charge on any atom is 0.250 e. The minimum absolute atomic E-state index is 0.283. The third-order valence-electron chi connectivity index (χ3n) is 3.59. The lowest BCUT2D eigenvalue weighted by molar-refractivity contribution is -0.111. The number of rotatable bonds is 11. The van der Waals surface area contributed by atoms with Crippen molar-refractivity contribution in [1.29, 1.82) is 0 Å². The number of nitrogens with one attached hydrogen (secondary N) is 1. The Bertz CT molecular complexity index is 761. The van der Waals surface area contributed by atoms with E-state index in [2.05, 4.69) is 22.4 Å². The zero-order valence-corrected chi connectivity index (χ0v) is 16.7. The molecule has 1 N–H and O–H groups in total. The normalized spacial score (nSPS) is 10.9. The molecule has 0 atom stereocenters. The predicted octanol–water partition coefficient (Wildman–Crippen LogP) is 3.91. The van der Waals surface area contributed by atoms with Crippen molar-refractivity contribution in [3.05, 3.63) is 34.8 Å². The maximum atomic E-state index is 12.0. The van der Waals surface area contributed by atoms with Crippen molar-refractivity contribution >= 4 is 28.5 Å². The summed E-state index contributed by atoms with van der Waals surface area (Å²) in [6.45, 7) is 3.19. The fraction of sp³-hybridized carbons (Fsp3) is 0.421. The first-order chi connectivity index (χ1) is 13.2. The molecule has 1 aromatic carbocycles. The van der Waals surface area contributed by atoms with E-state index in [4.69, 9.17) is 14.2 Å². The topological polar surface area (TPSA) is 82.6 Å². The molecule has 0 radical (unpaired) electrons. The van der Waals surface area contributed by atoms with E-state index < -0.39 is 0 Å². The molecule has 0 aliphatic carbocycles. The number of carbonyl (C=O) groups is 1. The van der Waals surface area contributed by atoms with Gasteiger partial charge in [-0.2, -0.15) is 0 Å². The van der Waals surface area contributed by atoms with Gasteiger partial charge in [0, 0.05) is 13.2 Å². The zero-order chi connectivity index (χ0) is 19.5. The summed E-state index contributed by atoms with van der Waals surface area (Å²) in [5.41, 5.74) is 0.834. The molecule has 1 aromatic heterocycles. The average Bonchev–Trinajstić information content (AvgIpc) is 3.11. The Morgan fingerprint density at radius 3 is 2.81 bits per heavy atom. The van der Waals surface area contributed by atoms with Gasteiger partial charge in [0.15, 0.2) is 11.5 Å². The monoisotopic (exact) mass is 391 g/mol. The lowest BCUT2D eigenvalue weighted by Crippen LogP contribution is -2.07. The minimum Gasteiger partial charge on any atom is -0.493 e. The van der Waals surface area contributed by atoms with E-state index in [-0.39, 0.29) is 5.91 Å². The number of amides is 1. The van der Waals surface area contributed by atoms with Crippen molar-refractivity contribution in [1.82, 2.24) is 10.2 Å². The SMILES string of the molecule is CCCCCOc1ccc(/C=C/C(=O)Nc2nnc(COC)s2)cc1OC. The summed E-state index contributed by atoms with van der Waals surface area (Å²) in [4.78, 5) is 12.0. The highest BCUT2D eigenvalue weighted by Gasteiger charge is 2.07. The van der Waals surface area contributed by atoms with Gasteiger partial charge in [-0.15, -0.1) is 10.2 Å². The summed E-state index contributed by atoms with van der Waals surface area (Å²) in [5, 5.41) is 11.6. The fourth-order valence-electron chi connectivity index (χ4n) is 2.25. The van der Waals surface area contributed by atoms with Gasteiger partial charge in [-0.3, -0.25) is 10.1 Å². The molecular formula is C19H25N3O4S. The molecule has 0 unspecified atom stereocenters. The van der Waals surface area contributed by atoms with Gasteiger partial charge in [0.2, 0.25) is 11.0 Å². The summed E-state index contributed by atoms with van der Waals surface area (Å²) in [6, 6.07) is 5.56. The van der Waals surface area contributed by atoms with Gasteiger partial charge in [-0.05, 0) is 30.2 Å². The number of ether oxygens (including phenoxy) is 3. The number of unbranched alkanes of at least 4 members (excludes halogenated alkanes) is 2. The molecule has 0 saturated carbocycles. The highest BCUT2D eigenvalue weighted by Crippen LogP contribution is 2.28. The van der Waals surface area contributed by atoms with Crippen LogP contribution in [0.1, 0.15) is 36.8 Å². The van der Waals surface area contributed by atoms with Crippen LogP contribution in [0.25, 0.3) is 6.08 Å². The number of methoxy groups -OCH3 is 2. The van der Waals surface area contributed by atoms with Gasteiger partial charge < -0.3 is 14.2 Å². The molecule has 27 heavy (non-hydrogen) atoms. The van der Waals surface area contributed by atoms with E-state index in [0.29, 0.717) is 34.9 Å². The first-order valence-corrected chi connectivity index (χ1v) is 9.59. The third kappa shape index (κ3) is 6.99. The number of hydrogen-bond donors (Lipinski definition) is 1. The van der Waals surface area contributed by atoms with Crippen molar-refractivity contribution in [3.8, 4) is 11.5 Å². The van der Waals surface area contributed by atoms with Gasteiger partial charge in [-0.1, -0.05) is 37.2 Å². The van der Waals surface area contributed by atoms with Gasteiger partial charge >= 0.3 is 0 Å². The smallest absolute Gasteiger partial charge is 0.250 e. The Balaban J connectivity index is 1.93. The molecule has 0 fully saturated rings. The van der Waals surface area contributed by atoms with Crippen LogP contribution in [0, 0.1) is 0 Å². The van der Waals surface area contributed by atoms with Crippen LogP contribution in [0.5, 0.6) is 11.5 Å². The summed E-state index contributed by atoms with van der Waals surface area (Å²) >= 11 is 1.28. The summed E-state index contributed by atoms with van der Waals surface area (Å²) in [6.07, 6.45) is 6.44. The number of anilines is 1. The largest absolute Gasteiger partial charge is 0.493 e. The lowest BCUT2D eigenvalue weighted by atomic mass is 10.2. The quantitative estimate of drug-likeness (QED) is 0.462. The molecule has 0 saturated heterocycles. The molecule has 2 rings (SSSR count). The molecular weight excluding hydrogens is 366 g/mol. The number of hydrogen-bond acceptors (Lipinski definition) is 7. The van der Waals surface area contributed by atoms with Crippen LogP contribution >= 0.6 is 11.3 Å². The van der Waals surface area contributed by atoms with Gasteiger partial charge in [0.1, 0.15) is 11.6 Å². The van der Waals surface area contributed by atoms with Crippen LogP contribution < -0.4 is 14.8 Å². The van der Waals surface area contributed by atoms with Crippen LogP contribution in [0.2, 0.25) is 0 Å². The van der Waals surface area contributed by atoms with Crippen LogP contribution in [0.4, 0.5) is 5.13 Å². The Hall–Kier alpha value is -2.45. The van der Waals surface area contributed by atoms with E-state index in [0.717, 1.165) is 24.8 Å². The van der Waals surface area contributed by atoms with Crippen molar-refractivity contribution in [2.75, 3.05) is 26.1 Å². The molecule has 2 aromatic rings. The average molecular weight is 391 g/mol. The van der Waals surface area contributed by atoms with E-state index in [1.807, 2.05) is 18.2 Å². The molecule has 0 aliphatic heterocycles. The van der Waals surface area contributed by atoms with Gasteiger partial charge in [0.05, 0.1) is 13.7 Å². The van der Waals surface area contributed by atoms with E-state index >= 15 is 0 Å². The molecule has 0 bridgehead atoms. The first kappa shape index (κ1) is 20.9. The maximum absolute atomic E-state index is 12.0. The van der Waals surface area contributed by atoms with Crippen molar-refractivity contribution in [2.24, 2.45) is 0 Å². The van der Waals surface area contributed by atoms with E-state index in [1.54, 1.807) is 20.3 Å². The van der Waals surface area contributed by atoms with Gasteiger partial charge in [0.25, 0.3) is 0 Å². The van der Waals surface area contributed by atoms with Crippen molar-refractivity contribution in [3.63, 3.8) is 0 Å². The van der Waals surface area contributed by atoms with Crippen LogP contribution in [0.3, 0.4) is 0 Å². The Morgan fingerprint density at radius 2 is 2.07 bits per heavy atom. The standard InChI is InChI=1S/C19H25N3O4S/c1-4-5-6-11-26-15-9-7-14(12-16(15)25-3)8-10-17(23)20-19-22-21-18(27-19)13-24-2/h7-10,12H,4-6,11,13H2,1-3H3,(H,20,22,23)/b10-8+. The van der Waals surface area contributed by atoms with Crippen LogP contribution in [-0.4, -0.2) is 36.9 Å². The summed E-state index contributed by atoms with van der Waals surface area (Å²) < 4.78 is 16.1. The number of nitrogens with zero attached hydrogens (tertiary/aromatic N) is 2. The highest BCUT2D eigenvalue weighted by molar-refractivity contribution is 7.15. The van der Waals surface area contributed by atoms with Crippen molar-refractivity contribution in [2.45, 2.75) is 32.8 Å². The minimum atomic E-state index is -0.283. The molecule has 7 nitrogen and oxygen atoms in total. The number of aromatic nitrogens is 2. The number of benzene rings is 1. The Kier molecular flexibility index (Phi) is 8.73. The van der Waals surface area contributed by atoms with Gasteiger partial charge in [-0.25, -0.2) is 0 Å². The molecule has 1 heterocycles. The van der Waals surface area contributed by atoms with Crippen LogP contribution in [0.15, 0.2) is 24.3 Å². The molecule has 1 amide bonds. The lowest BCUT2D eigenvalue weighted by Gasteiger charge is -2.11. The van der Waals surface area contributed by atoms with Crippen LogP contribution in [-0.2, 0) is 16.1 Å². The van der Waals surface area contributed by atoms with E-state index in [9.17, 15) is 4.79 Å². The Labute approximate surface area is 163 Å². The second-order valence-electron chi connectivity index (χ2n) is 5.72. The second-order valence-corrected chi connectivity index (χ2v) is 6.78.